The van der Waals surface area contributed by atoms with Crippen LogP contribution in [0.4, 0.5) is 0 Å². The minimum absolute atomic E-state index is 0.976. The second kappa shape index (κ2) is 7.19. The van der Waals surface area contributed by atoms with E-state index >= 15 is 0 Å². The molecule has 2 heteroatoms. The predicted molar refractivity (Wildman–Crippen MR) is 59.2 cm³/mol. The number of hydrogen-bond acceptors (Lipinski definition) is 2. The first-order valence-corrected chi connectivity index (χ1v) is 4.84. The van der Waals surface area contributed by atoms with Gasteiger partial charge < -0.3 is 5.32 Å². The Morgan fingerprint density at radius 2 is 2.17 bits per heavy atom. The molecule has 0 aromatic heterocycles. The summed E-state index contributed by atoms with van der Waals surface area (Å²) in [6.07, 6.45) is 3.93. The van der Waals surface area contributed by atoms with Crippen LogP contribution in [0.5, 0.6) is 0 Å². The number of rotatable bonds is 7. The van der Waals surface area contributed by atoms with Crippen molar-refractivity contribution < 1.29 is 0 Å². The summed E-state index contributed by atoms with van der Waals surface area (Å²) in [4.78, 5) is 2.14. The van der Waals surface area contributed by atoms with Gasteiger partial charge in [0.05, 0.1) is 0 Å². The Labute approximate surface area is 79.6 Å². The van der Waals surface area contributed by atoms with Crippen molar-refractivity contribution in [3.63, 3.8) is 0 Å². The van der Waals surface area contributed by atoms with Crippen molar-refractivity contribution in [3.8, 4) is 0 Å². The monoisotopic (exact) mass is 183 g/mol. The Morgan fingerprint density at radius 1 is 1.50 bits per heavy atom. The molecule has 0 bridgehead atoms. The highest BCUT2D eigenvalue weighted by Crippen LogP contribution is 2.26. The van der Waals surface area contributed by atoms with Gasteiger partial charge in [-0.15, -0.1) is 0 Å². The molecule has 0 unspecified atom stereocenters. The molecule has 0 saturated carbocycles. The van der Waals surface area contributed by atoms with Gasteiger partial charge in [-0.05, 0) is 31.3 Å². The molecule has 0 fully saturated rings. The third-order valence-electron chi connectivity index (χ3n) is 1.39. The molecule has 0 radical (unpaired) electrons. The van der Waals surface area contributed by atoms with Crippen molar-refractivity contribution in [2.45, 2.75) is 12.8 Å². The van der Waals surface area contributed by atoms with Crippen LogP contribution in [0.3, 0.4) is 0 Å². The maximum absolute atomic E-state index is 3.94. The lowest BCUT2D eigenvalue weighted by molar-refractivity contribution is 0.733. The van der Waals surface area contributed by atoms with Crippen molar-refractivity contribution in [1.29, 1.82) is 0 Å². The molecule has 0 aromatic carbocycles. The van der Waals surface area contributed by atoms with Gasteiger partial charge in [0.25, 0.3) is 0 Å². The average molecular weight is 183 g/mol. The molecule has 0 aromatic rings. The number of hydrogen-bond donors (Lipinski definition) is 1. The first kappa shape index (κ1) is 11.5. The Morgan fingerprint density at radius 3 is 2.67 bits per heavy atom. The fourth-order valence-electron chi connectivity index (χ4n) is 0.740. The summed E-state index contributed by atoms with van der Waals surface area (Å²) in [5.74, 6) is 0. The van der Waals surface area contributed by atoms with Gasteiger partial charge in [-0.2, -0.15) is 0 Å². The largest absolute Gasteiger partial charge is 0.320 e. The lowest BCUT2D eigenvalue weighted by Gasteiger charge is -2.03. The van der Waals surface area contributed by atoms with Crippen LogP contribution in [0, 0.1) is 0 Å². The molecule has 0 spiro atoms. The normalized spacial score (nSPS) is 9.42. The van der Waals surface area contributed by atoms with E-state index in [2.05, 4.69) is 25.1 Å². The van der Waals surface area contributed by atoms with Gasteiger partial charge in [0, 0.05) is 4.91 Å². The van der Waals surface area contributed by atoms with Gasteiger partial charge in [-0.3, -0.25) is 0 Å². The number of nitrogens with one attached hydrogen (secondary N) is 1. The van der Waals surface area contributed by atoms with Crippen molar-refractivity contribution in [2.75, 3.05) is 13.6 Å². The first-order valence-electron chi connectivity index (χ1n) is 4.02. The summed E-state index contributed by atoms with van der Waals surface area (Å²) in [5.41, 5.74) is 0. The van der Waals surface area contributed by atoms with E-state index in [1.54, 1.807) is 17.8 Å². The number of allylic oxidation sites excluding steroid dienone is 2. The molecule has 0 aliphatic carbocycles. The summed E-state index contributed by atoms with van der Waals surface area (Å²) in [5, 5.41) is 3.10. The Kier molecular flexibility index (Phi) is 6.91. The molecule has 0 rings (SSSR count). The topological polar surface area (TPSA) is 12.0 Å². The summed E-state index contributed by atoms with van der Waals surface area (Å²) in [6.45, 7) is 12.4. The maximum atomic E-state index is 3.94. The summed E-state index contributed by atoms with van der Waals surface area (Å²) < 4.78 is 0. The van der Waals surface area contributed by atoms with Crippen molar-refractivity contribution >= 4 is 11.8 Å². The zero-order valence-electron chi connectivity index (χ0n) is 7.73. The highest BCUT2D eigenvalue weighted by atomic mass is 32.2. The van der Waals surface area contributed by atoms with E-state index in [-0.39, 0.29) is 0 Å². The van der Waals surface area contributed by atoms with Crippen LogP contribution in [-0.4, -0.2) is 13.6 Å². The fraction of sp³-hybridized carbons (Fsp3) is 0.400. The first-order chi connectivity index (χ1) is 5.70. The van der Waals surface area contributed by atoms with Gasteiger partial charge in [-0.1, -0.05) is 37.6 Å². The van der Waals surface area contributed by atoms with E-state index in [9.17, 15) is 0 Å². The van der Waals surface area contributed by atoms with E-state index in [1.165, 1.54) is 0 Å². The lowest BCUT2D eigenvalue weighted by atomic mass is 10.3. The highest BCUT2D eigenvalue weighted by molar-refractivity contribution is 8.06. The minimum Gasteiger partial charge on any atom is -0.320 e. The van der Waals surface area contributed by atoms with Crippen LogP contribution in [0.25, 0.3) is 0 Å². The Hall–Kier alpha value is -0.470. The van der Waals surface area contributed by atoms with Gasteiger partial charge in [0.15, 0.2) is 0 Å². The van der Waals surface area contributed by atoms with E-state index in [4.69, 9.17) is 0 Å². The molecule has 0 aliphatic heterocycles. The molecule has 0 aliphatic rings. The van der Waals surface area contributed by atoms with Gasteiger partial charge >= 0.3 is 0 Å². The van der Waals surface area contributed by atoms with Crippen molar-refractivity contribution in [3.05, 3.63) is 35.6 Å². The predicted octanol–water partition coefficient (Wildman–Crippen LogP) is 2.93. The van der Waals surface area contributed by atoms with E-state index in [1.807, 2.05) is 7.05 Å². The van der Waals surface area contributed by atoms with Gasteiger partial charge in [0.1, 0.15) is 0 Å². The molecule has 0 atom stereocenters. The average Bonchev–Trinajstić information content (AvgIpc) is 2.05. The highest BCUT2D eigenvalue weighted by Gasteiger charge is 1.95. The van der Waals surface area contributed by atoms with Gasteiger partial charge in [0.2, 0.25) is 0 Å². The summed E-state index contributed by atoms with van der Waals surface area (Å²) in [7, 11) is 1.96. The van der Waals surface area contributed by atoms with Crippen LogP contribution in [0.2, 0.25) is 0 Å². The second-order valence-electron chi connectivity index (χ2n) is 2.52. The standard InChI is InChI=1S/C10H17NS/c1-5-9(2)12-10(3)7-6-8-11-4/h5,11H,1-3,6-8H2,4H3. The van der Waals surface area contributed by atoms with Crippen LogP contribution in [0.1, 0.15) is 12.8 Å². The van der Waals surface area contributed by atoms with E-state index in [0.29, 0.717) is 0 Å². The zero-order valence-corrected chi connectivity index (χ0v) is 8.54. The molecule has 0 amide bonds. The van der Waals surface area contributed by atoms with Crippen LogP contribution < -0.4 is 5.32 Å². The molecule has 12 heavy (non-hydrogen) atoms. The second-order valence-corrected chi connectivity index (χ2v) is 3.82. The Balaban J connectivity index is 3.46. The molecule has 1 nitrogen and oxygen atoms in total. The van der Waals surface area contributed by atoms with Crippen molar-refractivity contribution in [2.24, 2.45) is 0 Å². The zero-order chi connectivity index (χ0) is 9.40. The molecular weight excluding hydrogens is 166 g/mol. The smallest absolute Gasteiger partial charge is 0.00406 e. The van der Waals surface area contributed by atoms with Crippen LogP contribution in [0.15, 0.2) is 35.6 Å². The fourth-order valence-corrected chi connectivity index (χ4v) is 1.44. The SMILES string of the molecule is C=CC(=C)SC(=C)CCCNC. The molecule has 68 valence electrons. The van der Waals surface area contributed by atoms with Crippen LogP contribution >= 0.6 is 11.8 Å². The third-order valence-corrected chi connectivity index (χ3v) is 2.31. The minimum atomic E-state index is 0.976. The Bertz CT molecular complexity index is 173. The summed E-state index contributed by atoms with van der Waals surface area (Å²) in [6, 6.07) is 0. The maximum Gasteiger partial charge on any atom is 0.00406 e. The molecule has 0 saturated heterocycles. The number of thioether (sulfide) groups is 1. The molecular formula is C10H17NS. The summed E-state index contributed by atoms with van der Waals surface area (Å²) >= 11 is 1.62. The lowest BCUT2D eigenvalue weighted by Crippen LogP contribution is -2.06. The van der Waals surface area contributed by atoms with E-state index in [0.717, 1.165) is 29.2 Å². The van der Waals surface area contributed by atoms with Gasteiger partial charge in [-0.25, -0.2) is 0 Å². The van der Waals surface area contributed by atoms with Crippen molar-refractivity contribution in [1.82, 2.24) is 5.32 Å². The molecule has 0 heterocycles. The quantitative estimate of drug-likeness (QED) is 0.481. The van der Waals surface area contributed by atoms with Crippen LogP contribution in [-0.2, 0) is 0 Å². The third kappa shape index (κ3) is 6.25. The molecule has 1 N–H and O–H groups in total. The van der Waals surface area contributed by atoms with E-state index < -0.39 is 0 Å².